The van der Waals surface area contributed by atoms with E-state index in [-0.39, 0.29) is 0 Å². The molecular weight excluding hydrogens is 432 g/mol. The molecule has 0 fully saturated rings. The topological polar surface area (TPSA) is 27.7 Å². The fourth-order valence-electron chi connectivity index (χ4n) is 5.04. The lowest BCUT2D eigenvalue weighted by molar-refractivity contribution is -0.288. The molecule has 1 aliphatic carbocycles. The summed E-state index contributed by atoms with van der Waals surface area (Å²) in [6, 6.07) is 34.6. The van der Waals surface area contributed by atoms with Crippen molar-refractivity contribution in [3.05, 3.63) is 144 Å². The third-order valence-corrected chi connectivity index (χ3v) is 6.52. The fraction of sp³-hybridized carbons (Fsp3) is 0.125. The second kappa shape index (κ2) is 10.1. The first-order chi connectivity index (χ1) is 17.3. The summed E-state index contributed by atoms with van der Waals surface area (Å²) in [5, 5.41) is 0. The molecule has 0 spiro atoms. The minimum Gasteiger partial charge on any atom is -0.491 e. The maximum Gasteiger partial charge on any atom is 0.119 e. The third-order valence-electron chi connectivity index (χ3n) is 6.52. The number of hydrogen-bond acceptors (Lipinski definition) is 3. The number of benzene rings is 4. The first kappa shape index (κ1) is 22.9. The van der Waals surface area contributed by atoms with Gasteiger partial charge in [0.15, 0.2) is 0 Å². The summed E-state index contributed by atoms with van der Waals surface area (Å²) >= 11 is 0. The second-order valence-corrected chi connectivity index (χ2v) is 8.44. The smallest absolute Gasteiger partial charge is 0.119 e. The zero-order valence-corrected chi connectivity index (χ0v) is 19.7. The van der Waals surface area contributed by atoms with Crippen LogP contribution < -0.4 is 4.74 Å². The van der Waals surface area contributed by atoms with Crippen molar-refractivity contribution in [3.8, 4) is 16.9 Å². The molecule has 174 valence electrons. The molecule has 0 atom stereocenters. The lowest BCUT2D eigenvalue weighted by Crippen LogP contribution is -2.28. The Labute approximate surface area is 206 Å². The highest BCUT2D eigenvalue weighted by atomic mass is 17.2. The van der Waals surface area contributed by atoms with Crippen LogP contribution in [0.5, 0.6) is 5.75 Å². The van der Waals surface area contributed by atoms with E-state index in [2.05, 4.69) is 98.1 Å². The normalized spacial score (nSPS) is 13.0. The van der Waals surface area contributed by atoms with E-state index in [0.29, 0.717) is 19.8 Å². The van der Waals surface area contributed by atoms with Gasteiger partial charge in [-0.3, -0.25) is 0 Å². The van der Waals surface area contributed by atoms with Gasteiger partial charge in [0, 0.05) is 0 Å². The van der Waals surface area contributed by atoms with E-state index in [1.165, 1.54) is 33.4 Å². The predicted molar refractivity (Wildman–Crippen MR) is 141 cm³/mol. The van der Waals surface area contributed by atoms with Gasteiger partial charge in [0.05, 0.1) is 5.41 Å². The molecule has 5 rings (SSSR count). The fourth-order valence-corrected chi connectivity index (χ4v) is 5.04. The minimum absolute atomic E-state index is 0.343. The van der Waals surface area contributed by atoms with E-state index in [4.69, 9.17) is 14.5 Å². The molecule has 0 radical (unpaired) electrons. The Kier molecular flexibility index (Phi) is 6.62. The van der Waals surface area contributed by atoms with Crippen LogP contribution in [0, 0.1) is 0 Å². The van der Waals surface area contributed by atoms with Crippen LogP contribution >= 0.6 is 0 Å². The van der Waals surface area contributed by atoms with Crippen molar-refractivity contribution >= 4 is 6.08 Å². The molecule has 0 unspecified atom stereocenters. The Hall–Kier alpha value is -3.92. The lowest BCUT2D eigenvalue weighted by Gasteiger charge is -2.34. The Balaban J connectivity index is 1.57. The zero-order chi connectivity index (χ0) is 24.1. The van der Waals surface area contributed by atoms with Crippen LogP contribution in [0.3, 0.4) is 0 Å². The summed E-state index contributed by atoms with van der Waals surface area (Å²) in [4.78, 5) is 10.0. The van der Waals surface area contributed by atoms with Crippen LogP contribution in [0.1, 0.15) is 27.8 Å². The van der Waals surface area contributed by atoms with Crippen molar-refractivity contribution in [3.63, 3.8) is 0 Å². The van der Waals surface area contributed by atoms with Crippen molar-refractivity contribution in [2.24, 2.45) is 0 Å². The SMILES string of the molecule is C=CCOOCCOc1ccc(C2(c3ccc(C=C)cc3)c3ccccc3-c3ccccc32)cc1. The van der Waals surface area contributed by atoms with Gasteiger partial charge in [-0.2, -0.15) is 0 Å². The average molecular weight is 461 g/mol. The van der Waals surface area contributed by atoms with Crippen molar-refractivity contribution in [2.45, 2.75) is 5.41 Å². The van der Waals surface area contributed by atoms with Gasteiger partial charge in [0.25, 0.3) is 0 Å². The molecule has 3 nitrogen and oxygen atoms in total. The maximum absolute atomic E-state index is 5.87. The number of fused-ring (bicyclic) bond motifs is 3. The molecule has 3 heteroatoms. The molecule has 0 bridgehead atoms. The predicted octanol–water partition coefficient (Wildman–Crippen LogP) is 7.21. The average Bonchev–Trinajstić information content (AvgIpc) is 3.22. The highest BCUT2D eigenvalue weighted by molar-refractivity contribution is 5.86. The van der Waals surface area contributed by atoms with E-state index in [0.717, 1.165) is 11.3 Å². The molecule has 0 saturated carbocycles. The lowest BCUT2D eigenvalue weighted by atomic mass is 9.67. The second-order valence-electron chi connectivity index (χ2n) is 8.44. The van der Waals surface area contributed by atoms with Gasteiger partial charge in [0.2, 0.25) is 0 Å². The van der Waals surface area contributed by atoms with Crippen LogP contribution in [-0.4, -0.2) is 19.8 Å². The molecule has 4 aromatic rings. The van der Waals surface area contributed by atoms with Crippen LogP contribution in [0.4, 0.5) is 0 Å². The summed E-state index contributed by atoms with van der Waals surface area (Å²) in [5.41, 5.74) is 8.21. The Bertz CT molecular complexity index is 1270. The van der Waals surface area contributed by atoms with Gasteiger partial charge >= 0.3 is 0 Å². The number of rotatable bonds is 10. The largest absolute Gasteiger partial charge is 0.491 e. The highest BCUT2D eigenvalue weighted by Gasteiger charge is 2.45. The van der Waals surface area contributed by atoms with Crippen molar-refractivity contribution < 1.29 is 14.5 Å². The standard InChI is InChI=1S/C32H28O3/c1-3-21-34-35-23-22-33-27-19-17-26(18-20-27)32(25-15-13-24(4-2)14-16-25)30-11-7-5-9-28(30)29-10-6-8-12-31(29)32/h3-20H,1-2,21-23H2. The highest BCUT2D eigenvalue weighted by Crippen LogP contribution is 2.56. The zero-order valence-electron chi connectivity index (χ0n) is 19.7. The Morgan fingerprint density at radius 1 is 0.629 bits per heavy atom. The molecule has 0 aromatic heterocycles. The summed E-state index contributed by atoms with van der Waals surface area (Å²) in [6.45, 7) is 8.61. The van der Waals surface area contributed by atoms with Crippen molar-refractivity contribution in [1.82, 2.24) is 0 Å². The van der Waals surface area contributed by atoms with E-state index in [1.54, 1.807) is 6.08 Å². The van der Waals surface area contributed by atoms with Gasteiger partial charge in [0.1, 0.15) is 25.6 Å². The van der Waals surface area contributed by atoms with E-state index >= 15 is 0 Å². The summed E-state index contributed by atoms with van der Waals surface area (Å²) in [5.74, 6) is 0.790. The Morgan fingerprint density at radius 3 is 1.77 bits per heavy atom. The van der Waals surface area contributed by atoms with Gasteiger partial charge in [-0.05, 0) is 51.1 Å². The minimum atomic E-state index is -0.424. The summed E-state index contributed by atoms with van der Waals surface area (Å²) in [7, 11) is 0. The monoisotopic (exact) mass is 460 g/mol. The molecule has 0 saturated heterocycles. The van der Waals surface area contributed by atoms with Gasteiger partial charge < -0.3 is 4.74 Å². The molecule has 4 aromatic carbocycles. The first-order valence-electron chi connectivity index (χ1n) is 11.8. The van der Waals surface area contributed by atoms with E-state index < -0.39 is 5.41 Å². The molecule has 35 heavy (non-hydrogen) atoms. The molecule has 1 aliphatic rings. The maximum atomic E-state index is 5.87. The molecule has 0 heterocycles. The van der Waals surface area contributed by atoms with Gasteiger partial charge in [-0.1, -0.05) is 104 Å². The molecule has 0 aliphatic heterocycles. The van der Waals surface area contributed by atoms with E-state index in [9.17, 15) is 0 Å². The van der Waals surface area contributed by atoms with Gasteiger partial charge in [-0.25, -0.2) is 9.78 Å². The summed E-state index contributed by atoms with van der Waals surface area (Å²) < 4.78 is 5.87. The molecular formula is C32H28O3. The van der Waals surface area contributed by atoms with Crippen molar-refractivity contribution in [2.75, 3.05) is 19.8 Å². The number of ether oxygens (including phenoxy) is 1. The molecule has 0 amide bonds. The number of hydrogen-bond donors (Lipinski definition) is 0. The molecule has 0 N–H and O–H groups in total. The summed E-state index contributed by atoms with van der Waals surface area (Å²) in [6.07, 6.45) is 3.52. The van der Waals surface area contributed by atoms with Crippen LogP contribution in [0.2, 0.25) is 0 Å². The van der Waals surface area contributed by atoms with E-state index in [1.807, 2.05) is 18.2 Å². The first-order valence-corrected chi connectivity index (χ1v) is 11.8. The quantitative estimate of drug-likeness (QED) is 0.0954. The van der Waals surface area contributed by atoms with Crippen molar-refractivity contribution in [1.29, 1.82) is 0 Å². The van der Waals surface area contributed by atoms with Gasteiger partial charge in [-0.15, -0.1) is 6.58 Å². The third kappa shape index (κ3) is 4.10. The Morgan fingerprint density at radius 2 is 1.20 bits per heavy atom. The van der Waals surface area contributed by atoms with Crippen LogP contribution in [0.25, 0.3) is 17.2 Å². The van der Waals surface area contributed by atoms with Crippen LogP contribution in [-0.2, 0) is 15.2 Å². The van der Waals surface area contributed by atoms with Crippen LogP contribution in [0.15, 0.2) is 116 Å².